The van der Waals surface area contributed by atoms with Gasteiger partial charge in [0.05, 0.1) is 5.69 Å². The molecule has 0 spiro atoms. The van der Waals surface area contributed by atoms with Crippen molar-refractivity contribution in [2.45, 2.75) is 6.54 Å². The van der Waals surface area contributed by atoms with Crippen LogP contribution in [0.15, 0.2) is 24.0 Å². The van der Waals surface area contributed by atoms with E-state index in [4.69, 9.17) is 5.73 Å². The van der Waals surface area contributed by atoms with Crippen molar-refractivity contribution >= 4 is 11.3 Å². The summed E-state index contributed by atoms with van der Waals surface area (Å²) in [6, 6.07) is 1.83. The maximum absolute atomic E-state index is 5.45. The molecule has 2 heterocycles. The number of thiazole rings is 1. The maximum atomic E-state index is 5.45. The van der Waals surface area contributed by atoms with Crippen LogP contribution in [0.1, 0.15) is 5.69 Å². The van der Waals surface area contributed by atoms with Crippen molar-refractivity contribution in [2.24, 2.45) is 5.73 Å². The molecule has 0 bridgehead atoms. The second-order valence-electron chi connectivity index (χ2n) is 2.44. The van der Waals surface area contributed by atoms with E-state index in [2.05, 4.69) is 15.0 Å². The van der Waals surface area contributed by atoms with Gasteiger partial charge < -0.3 is 5.73 Å². The lowest BCUT2D eigenvalue weighted by molar-refractivity contribution is 1.01. The average Bonchev–Trinajstić information content (AvgIpc) is 2.67. The number of hydrogen-bond donors (Lipinski definition) is 1. The average molecular weight is 192 g/mol. The van der Waals surface area contributed by atoms with Crippen molar-refractivity contribution in [2.75, 3.05) is 0 Å². The van der Waals surface area contributed by atoms with E-state index in [0.717, 1.165) is 16.4 Å². The second-order valence-corrected chi connectivity index (χ2v) is 3.30. The third-order valence-corrected chi connectivity index (χ3v) is 2.48. The summed E-state index contributed by atoms with van der Waals surface area (Å²) < 4.78 is 0. The van der Waals surface area contributed by atoms with Crippen molar-refractivity contribution in [3.05, 3.63) is 29.7 Å². The van der Waals surface area contributed by atoms with Crippen LogP contribution < -0.4 is 5.73 Å². The highest BCUT2D eigenvalue weighted by atomic mass is 32.1. The van der Waals surface area contributed by atoms with E-state index in [-0.39, 0.29) is 0 Å². The largest absolute Gasteiger partial charge is 0.325 e. The summed E-state index contributed by atoms with van der Waals surface area (Å²) in [5, 5.41) is 2.83. The van der Waals surface area contributed by atoms with E-state index in [9.17, 15) is 0 Å². The van der Waals surface area contributed by atoms with Crippen LogP contribution in [0, 0.1) is 0 Å². The number of rotatable bonds is 2. The molecule has 0 unspecified atom stereocenters. The molecule has 2 aromatic rings. The maximum Gasteiger partial charge on any atom is 0.142 e. The van der Waals surface area contributed by atoms with Gasteiger partial charge in [0.2, 0.25) is 0 Å². The van der Waals surface area contributed by atoms with Gasteiger partial charge >= 0.3 is 0 Å². The van der Waals surface area contributed by atoms with Gasteiger partial charge in [0.25, 0.3) is 0 Å². The third kappa shape index (κ3) is 1.71. The van der Waals surface area contributed by atoms with Crippen LogP contribution in [0.4, 0.5) is 0 Å². The zero-order chi connectivity index (χ0) is 9.10. The van der Waals surface area contributed by atoms with Gasteiger partial charge in [0.1, 0.15) is 17.0 Å². The Morgan fingerprint density at radius 2 is 2.38 bits per heavy atom. The summed E-state index contributed by atoms with van der Waals surface area (Å²) in [5.74, 6) is 0. The van der Waals surface area contributed by atoms with Gasteiger partial charge in [-0.05, 0) is 6.07 Å². The van der Waals surface area contributed by atoms with Crippen LogP contribution in [-0.4, -0.2) is 15.0 Å². The minimum absolute atomic E-state index is 0.474. The molecule has 0 radical (unpaired) electrons. The molecule has 0 fully saturated rings. The van der Waals surface area contributed by atoms with Crippen molar-refractivity contribution in [1.82, 2.24) is 15.0 Å². The van der Waals surface area contributed by atoms with Gasteiger partial charge in [0.15, 0.2) is 0 Å². The Bertz CT molecular complexity index is 384. The summed E-state index contributed by atoms with van der Waals surface area (Å²) >= 11 is 1.55. The van der Waals surface area contributed by atoms with E-state index >= 15 is 0 Å². The molecule has 2 aromatic heterocycles. The standard InChI is InChI=1S/C8H8N4S/c9-3-6-4-13-8(12-6)7-1-2-10-5-11-7/h1-2,4-5H,3,9H2. The van der Waals surface area contributed by atoms with Gasteiger partial charge in [-0.15, -0.1) is 11.3 Å². The van der Waals surface area contributed by atoms with Crippen molar-refractivity contribution in [3.8, 4) is 10.7 Å². The fraction of sp³-hybridized carbons (Fsp3) is 0.125. The Balaban J connectivity index is 2.36. The molecule has 0 aromatic carbocycles. The molecule has 4 nitrogen and oxygen atoms in total. The Morgan fingerprint density at radius 1 is 1.46 bits per heavy atom. The van der Waals surface area contributed by atoms with E-state index in [0.29, 0.717) is 6.54 Å². The Kier molecular flexibility index (Phi) is 2.29. The molecule has 0 aliphatic heterocycles. The topological polar surface area (TPSA) is 64.7 Å². The van der Waals surface area contributed by atoms with Crippen LogP contribution in [0.3, 0.4) is 0 Å². The third-order valence-electron chi connectivity index (χ3n) is 1.56. The SMILES string of the molecule is NCc1csc(-c2ccncn2)n1. The van der Waals surface area contributed by atoms with Crippen LogP contribution in [0.2, 0.25) is 0 Å². The highest BCUT2D eigenvalue weighted by Gasteiger charge is 2.03. The first kappa shape index (κ1) is 8.28. The van der Waals surface area contributed by atoms with E-state index in [1.165, 1.54) is 6.33 Å². The number of nitrogens with zero attached hydrogens (tertiary/aromatic N) is 3. The number of nitrogens with two attached hydrogens (primary N) is 1. The van der Waals surface area contributed by atoms with Crippen LogP contribution in [-0.2, 0) is 6.54 Å². The normalized spacial score (nSPS) is 10.2. The molecule has 0 aliphatic carbocycles. The Morgan fingerprint density at radius 3 is 3.00 bits per heavy atom. The number of aromatic nitrogens is 3. The fourth-order valence-corrected chi connectivity index (χ4v) is 1.74. The molecule has 0 saturated heterocycles. The first-order valence-corrected chi connectivity index (χ1v) is 4.69. The van der Waals surface area contributed by atoms with Gasteiger partial charge in [-0.2, -0.15) is 0 Å². The molecule has 2 rings (SSSR count). The quantitative estimate of drug-likeness (QED) is 0.772. The zero-order valence-corrected chi connectivity index (χ0v) is 7.66. The highest BCUT2D eigenvalue weighted by Crippen LogP contribution is 2.20. The van der Waals surface area contributed by atoms with Crippen molar-refractivity contribution in [3.63, 3.8) is 0 Å². The second kappa shape index (κ2) is 3.59. The van der Waals surface area contributed by atoms with E-state index in [1.54, 1.807) is 17.5 Å². The molecule has 2 N–H and O–H groups in total. The molecular weight excluding hydrogens is 184 g/mol. The lowest BCUT2D eigenvalue weighted by atomic mass is 10.4. The van der Waals surface area contributed by atoms with Gasteiger partial charge in [-0.1, -0.05) is 0 Å². The first-order valence-electron chi connectivity index (χ1n) is 3.81. The monoisotopic (exact) mass is 192 g/mol. The summed E-state index contributed by atoms with van der Waals surface area (Å²) in [7, 11) is 0. The van der Waals surface area contributed by atoms with Gasteiger partial charge in [-0.25, -0.2) is 15.0 Å². The Hall–Kier alpha value is -1.33. The summed E-state index contributed by atoms with van der Waals surface area (Å²) in [5.41, 5.74) is 7.20. The zero-order valence-electron chi connectivity index (χ0n) is 6.84. The fourth-order valence-electron chi connectivity index (χ4n) is 0.936. The molecule has 0 amide bonds. The van der Waals surface area contributed by atoms with Crippen molar-refractivity contribution in [1.29, 1.82) is 0 Å². The lowest BCUT2D eigenvalue weighted by Gasteiger charge is -1.91. The first-order chi connectivity index (χ1) is 6.40. The van der Waals surface area contributed by atoms with Crippen LogP contribution >= 0.6 is 11.3 Å². The Labute approximate surface area is 79.5 Å². The summed E-state index contributed by atoms with van der Waals surface area (Å²) in [6.07, 6.45) is 3.21. The molecule has 0 saturated carbocycles. The molecule has 66 valence electrons. The van der Waals surface area contributed by atoms with E-state index < -0.39 is 0 Å². The van der Waals surface area contributed by atoms with Gasteiger partial charge in [0, 0.05) is 18.1 Å². The predicted molar refractivity (Wildman–Crippen MR) is 51.0 cm³/mol. The minimum Gasteiger partial charge on any atom is -0.325 e. The smallest absolute Gasteiger partial charge is 0.142 e. The molecular formula is C8H8N4S. The lowest BCUT2D eigenvalue weighted by Crippen LogP contribution is -1.95. The van der Waals surface area contributed by atoms with Crippen molar-refractivity contribution < 1.29 is 0 Å². The van der Waals surface area contributed by atoms with E-state index in [1.807, 2.05) is 11.4 Å². The summed E-state index contributed by atoms with van der Waals surface area (Å²) in [4.78, 5) is 12.2. The minimum atomic E-state index is 0.474. The van der Waals surface area contributed by atoms with Gasteiger partial charge in [-0.3, -0.25) is 0 Å². The highest BCUT2D eigenvalue weighted by molar-refractivity contribution is 7.13. The number of hydrogen-bond acceptors (Lipinski definition) is 5. The molecule has 5 heteroatoms. The van der Waals surface area contributed by atoms with Crippen LogP contribution in [0.5, 0.6) is 0 Å². The molecule has 0 aliphatic rings. The summed E-state index contributed by atoms with van der Waals surface area (Å²) in [6.45, 7) is 0.474. The van der Waals surface area contributed by atoms with Crippen LogP contribution in [0.25, 0.3) is 10.7 Å². The molecule has 0 atom stereocenters. The predicted octanol–water partition coefficient (Wildman–Crippen LogP) is 1.06. The molecule has 13 heavy (non-hydrogen) atoms.